The van der Waals surface area contributed by atoms with E-state index >= 15 is 0 Å². The van der Waals surface area contributed by atoms with Crippen molar-refractivity contribution in [2.75, 3.05) is 0 Å². The van der Waals surface area contributed by atoms with Gasteiger partial charge in [0.1, 0.15) is 5.03 Å². The lowest BCUT2D eigenvalue weighted by Crippen LogP contribution is -2.14. The van der Waals surface area contributed by atoms with Gasteiger partial charge in [-0.05, 0) is 19.1 Å². The molecule has 0 atom stereocenters. The van der Waals surface area contributed by atoms with Crippen LogP contribution in [0.1, 0.15) is 6.92 Å². The lowest BCUT2D eigenvalue weighted by atomic mass is 10.0. The molecule has 1 aromatic carbocycles. The molecule has 1 aromatic rings. The first-order valence-corrected chi connectivity index (χ1v) is 8.21. The summed E-state index contributed by atoms with van der Waals surface area (Å²) in [4.78, 5) is 21.2. The van der Waals surface area contributed by atoms with Crippen LogP contribution in [0, 0.1) is 10.1 Å². The topological polar surface area (TPSA) is 107 Å². The van der Waals surface area contributed by atoms with Gasteiger partial charge in [-0.1, -0.05) is 29.3 Å². The third-order valence-corrected chi connectivity index (χ3v) is 5.00. The Hall–Kier alpha value is -2.03. The fraction of sp³-hybridized carbons (Fsp3) is 0.0769. The highest BCUT2D eigenvalue weighted by atomic mass is 35.5. The first kappa shape index (κ1) is 17.3. The molecule has 120 valence electrons. The third-order valence-electron chi connectivity index (χ3n) is 2.87. The monoisotopic (exact) mass is 374 g/mol. The normalized spacial score (nSPS) is 17.4. The first-order valence-electron chi connectivity index (χ1n) is 6.01. The Labute approximate surface area is 141 Å². The number of nitro groups is 1. The largest absolute Gasteiger partial charge is 0.288 e. The highest BCUT2D eigenvalue weighted by molar-refractivity contribution is 7.90. The van der Waals surface area contributed by atoms with Crippen LogP contribution >= 0.6 is 23.2 Å². The van der Waals surface area contributed by atoms with Gasteiger partial charge < -0.3 is 0 Å². The number of hydrogen-bond acceptors (Lipinski definition) is 5. The summed E-state index contributed by atoms with van der Waals surface area (Å²) in [6.45, 7) is 1.43. The molecule has 1 aliphatic carbocycles. The number of halogens is 2. The fourth-order valence-electron chi connectivity index (χ4n) is 1.73. The minimum absolute atomic E-state index is 0.174. The summed E-state index contributed by atoms with van der Waals surface area (Å²) in [5, 5.41) is 10.1. The smallest absolute Gasteiger partial charge is 0.283 e. The predicted molar refractivity (Wildman–Crippen MR) is 85.2 cm³/mol. The van der Waals surface area contributed by atoms with Gasteiger partial charge >= 0.3 is 0 Å². The van der Waals surface area contributed by atoms with Crippen LogP contribution in [0.5, 0.6) is 0 Å². The Bertz CT molecular complexity index is 916. The van der Waals surface area contributed by atoms with Gasteiger partial charge in [-0.15, -0.1) is 0 Å². The van der Waals surface area contributed by atoms with Crippen LogP contribution in [-0.2, 0) is 14.8 Å². The van der Waals surface area contributed by atoms with E-state index in [1.165, 1.54) is 19.1 Å². The molecule has 0 bridgehead atoms. The number of Topliss-reactive ketones (excluding diaryl/α,β-unsaturated/α-hetero) is 1. The van der Waals surface area contributed by atoms with Gasteiger partial charge in [0.15, 0.2) is 0 Å². The summed E-state index contributed by atoms with van der Waals surface area (Å²) in [5.74, 6) is -0.525. The molecule has 10 heteroatoms. The summed E-state index contributed by atoms with van der Waals surface area (Å²) in [5.41, 5.74) is -0.427. The zero-order valence-electron chi connectivity index (χ0n) is 11.5. The number of benzene rings is 1. The molecule has 0 radical (unpaired) electrons. The van der Waals surface area contributed by atoms with Crippen LogP contribution in [0.2, 0.25) is 0 Å². The third kappa shape index (κ3) is 3.49. The number of hydrogen-bond donors (Lipinski definition) is 0. The van der Waals surface area contributed by atoms with Gasteiger partial charge in [0, 0.05) is 17.7 Å². The molecule has 0 aliphatic heterocycles. The lowest BCUT2D eigenvalue weighted by molar-refractivity contribution is -0.385. The van der Waals surface area contributed by atoms with E-state index in [1.54, 1.807) is 0 Å². The number of nitrogens with zero attached hydrogens (tertiary/aromatic N) is 2. The van der Waals surface area contributed by atoms with Gasteiger partial charge in [-0.25, -0.2) is 0 Å². The Balaban J connectivity index is 2.55. The van der Waals surface area contributed by atoms with Crippen LogP contribution in [0.15, 0.2) is 55.3 Å². The predicted octanol–water partition coefficient (Wildman–Crippen LogP) is 2.94. The van der Waals surface area contributed by atoms with Crippen molar-refractivity contribution in [1.82, 2.24) is 0 Å². The molecule has 0 amide bonds. The van der Waals surface area contributed by atoms with E-state index in [0.717, 1.165) is 18.2 Å². The minimum atomic E-state index is -4.26. The van der Waals surface area contributed by atoms with Crippen LogP contribution in [-0.4, -0.2) is 24.8 Å². The number of nitro benzene ring substituents is 1. The number of sulfonamides is 1. The molecule has 0 saturated carbocycles. The van der Waals surface area contributed by atoms with E-state index in [1.807, 2.05) is 0 Å². The number of rotatable bonds is 3. The molecule has 0 spiro atoms. The van der Waals surface area contributed by atoms with Crippen molar-refractivity contribution in [3.8, 4) is 0 Å². The molecular formula is C13H8Cl2N2O5S. The van der Waals surface area contributed by atoms with Crippen molar-refractivity contribution >= 4 is 50.4 Å². The van der Waals surface area contributed by atoms with Crippen molar-refractivity contribution in [2.45, 2.75) is 11.8 Å². The van der Waals surface area contributed by atoms with Gasteiger partial charge in [-0.3, -0.25) is 14.9 Å². The van der Waals surface area contributed by atoms with E-state index in [-0.39, 0.29) is 26.2 Å². The second kappa shape index (κ2) is 6.23. The second-order valence-corrected chi connectivity index (χ2v) is 6.85. The van der Waals surface area contributed by atoms with Gasteiger partial charge in [0.25, 0.3) is 15.7 Å². The molecule has 0 unspecified atom stereocenters. The van der Waals surface area contributed by atoms with Crippen LogP contribution in [0.25, 0.3) is 0 Å². The molecule has 0 fully saturated rings. The fourth-order valence-corrected chi connectivity index (χ4v) is 3.23. The Morgan fingerprint density at radius 1 is 1.22 bits per heavy atom. The maximum Gasteiger partial charge on any atom is 0.283 e. The van der Waals surface area contributed by atoms with E-state index in [2.05, 4.69) is 4.40 Å². The van der Waals surface area contributed by atoms with Crippen molar-refractivity contribution in [1.29, 1.82) is 0 Å². The molecule has 0 saturated heterocycles. The Morgan fingerprint density at radius 3 is 2.48 bits per heavy atom. The average molecular weight is 375 g/mol. The van der Waals surface area contributed by atoms with E-state index in [9.17, 15) is 23.3 Å². The maximum atomic E-state index is 12.3. The zero-order chi connectivity index (χ0) is 17.4. The molecule has 7 nitrogen and oxygen atoms in total. The summed E-state index contributed by atoms with van der Waals surface area (Å²) in [7, 11) is -4.26. The molecule has 0 N–H and O–H groups in total. The first-order chi connectivity index (χ1) is 10.6. The van der Waals surface area contributed by atoms with Gasteiger partial charge in [0.2, 0.25) is 5.78 Å². The summed E-state index contributed by atoms with van der Waals surface area (Å²) < 4.78 is 28.1. The quantitative estimate of drug-likeness (QED) is 0.459. The molecular weight excluding hydrogens is 367 g/mol. The van der Waals surface area contributed by atoms with Gasteiger partial charge in [-0.2, -0.15) is 12.8 Å². The molecule has 23 heavy (non-hydrogen) atoms. The number of non-ortho nitro benzene ring substituents is 1. The van der Waals surface area contributed by atoms with Crippen LogP contribution in [0.3, 0.4) is 0 Å². The summed E-state index contributed by atoms with van der Waals surface area (Å²) >= 11 is 11.6. The standard InChI is InChI=1S/C13H8Cl2N2O5S/c1-7-5-10(11(14)12(15)13(7)18)16-23(21,22)9-4-2-3-8(6-9)17(19)20/h2-6H,1H3. The van der Waals surface area contributed by atoms with Crippen molar-refractivity contribution in [2.24, 2.45) is 4.40 Å². The van der Waals surface area contributed by atoms with Crippen molar-refractivity contribution in [3.05, 3.63) is 56.1 Å². The maximum absolute atomic E-state index is 12.3. The Kier molecular flexibility index (Phi) is 4.69. The molecule has 1 aliphatic rings. The number of allylic oxidation sites excluding steroid dienone is 4. The molecule has 0 aromatic heterocycles. The van der Waals surface area contributed by atoms with E-state index in [4.69, 9.17) is 23.2 Å². The summed E-state index contributed by atoms with van der Waals surface area (Å²) in [6, 6.07) is 4.42. The van der Waals surface area contributed by atoms with Crippen LogP contribution in [0.4, 0.5) is 5.69 Å². The zero-order valence-corrected chi connectivity index (χ0v) is 13.8. The number of ketones is 1. The molecule has 0 heterocycles. The highest BCUT2D eigenvalue weighted by Crippen LogP contribution is 2.27. The minimum Gasteiger partial charge on any atom is -0.288 e. The van der Waals surface area contributed by atoms with Crippen molar-refractivity contribution in [3.63, 3.8) is 0 Å². The number of carbonyl (C=O) groups is 1. The van der Waals surface area contributed by atoms with Crippen LogP contribution < -0.4 is 0 Å². The average Bonchev–Trinajstić information content (AvgIpc) is 2.50. The van der Waals surface area contributed by atoms with Gasteiger partial charge in [0.05, 0.1) is 20.6 Å². The second-order valence-electron chi connectivity index (χ2n) is 4.49. The van der Waals surface area contributed by atoms with Crippen molar-refractivity contribution < 1.29 is 18.1 Å². The van der Waals surface area contributed by atoms with E-state index in [0.29, 0.717) is 0 Å². The van der Waals surface area contributed by atoms with E-state index < -0.39 is 26.4 Å². The lowest BCUT2D eigenvalue weighted by Gasteiger charge is -2.11. The summed E-state index contributed by atoms with van der Waals surface area (Å²) in [6.07, 6.45) is 1.19. The highest BCUT2D eigenvalue weighted by Gasteiger charge is 2.25. The SMILES string of the molecule is CC1=CC(=NS(=O)(=O)c2cccc([N+](=O)[O-])c2)C(Cl)=C(Cl)C1=O. The number of carbonyl (C=O) groups excluding carboxylic acids is 1. The molecule has 2 rings (SSSR count). The Morgan fingerprint density at radius 2 is 1.87 bits per heavy atom.